The largest absolute Gasteiger partial charge is 0.481 e. The van der Waals surface area contributed by atoms with E-state index in [2.05, 4.69) is 38.2 Å². The van der Waals surface area contributed by atoms with Gasteiger partial charge in [0.2, 0.25) is 0 Å². The van der Waals surface area contributed by atoms with Crippen molar-refractivity contribution in [2.24, 2.45) is 0 Å². The highest BCUT2D eigenvalue weighted by molar-refractivity contribution is 5.75. The van der Waals surface area contributed by atoms with E-state index in [-0.39, 0.29) is 6.10 Å². The minimum Gasteiger partial charge on any atom is -0.481 e. The number of allylic oxidation sites excluding steroid dienone is 3. The lowest BCUT2D eigenvalue weighted by atomic mass is 10.1. The highest BCUT2D eigenvalue weighted by Gasteiger charge is 2.44. The molecular formula is C36H64O6. The van der Waals surface area contributed by atoms with Crippen molar-refractivity contribution in [2.45, 2.75) is 192 Å². The molecule has 0 amide bonds. The molecule has 244 valence electrons. The molecule has 2 N–H and O–H groups in total. The summed E-state index contributed by atoms with van der Waals surface area (Å²) >= 11 is 0. The molecule has 0 bridgehead atoms. The van der Waals surface area contributed by atoms with Crippen LogP contribution in [0.15, 0.2) is 24.3 Å². The SMILES string of the molecule is CCCCCCCC/C=C\CCCCCC1OC1C(=O)O.CCCCC[C@H]1O[C@H]1C/C=C\CCCCCCCC(=O)O. The number of hydrogen-bond acceptors (Lipinski definition) is 4. The van der Waals surface area contributed by atoms with Gasteiger partial charge in [0.15, 0.2) is 6.10 Å². The summed E-state index contributed by atoms with van der Waals surface area (Å²) in [6.07, 6.45) is 37.8. The van der Waals surface area contributed by atoms with Crippen molar-refractivity contribution >= 4 is 11.9 Å². The predicted octanol–water partition coefficient (Wildman–Crippen LogP) is 10.2. The number of ether oxygens (including phenoxy) is 2. The molecule has 42 heavy (non-hydrogen) atoms. The molecule has 2 aliphatic rings. The maximum absolute atomic E-state index is 10.6. The van der Waals surface area contributed by atoms with Gasteiger partial charge >= 0.3 is 11.9 Å². The summed E-state index contributed by atoms with van der Waals surface area (Å²) < 4.78 is 10.7. The Morgan fingerprint density at radius 1 is 0.548 bits per heavy atom. The van der Waals surface area contributed by atoms with Crippen LogP contribution in [0.4, 0.5) is 0 Å². The van der Waals surface area contributed by atoms with Gasteiger partial charge in [0.1, 0.15) is 0 Å². The fraction of sp³-hybridized carbons (Fsp3) is 0.833. The summed E-state index contributed by atoms with van der Waals surface area (Å²) in [5.41, 5.74) is 0. The van der Waals surface area contributed by atoms with Crippen molar-refractivity contribution in [2.75, 3.05) is 0 Å². The molecule has 2 rings (SSSR count). The molecule has 0 radical (unpaired) electrons. The number of hydrogen-bond donors (Lipinski definition) is 2. The monoisotopic (exact) mass is 592 g/mol. The molecule has 2 saturated heterocycles. The van der Waals surface area contributed by atoms with Gasteiger partial charge in [0.05, 0.1) is 18.3 Å². The first kappa shape index (κ1) is 38.4. The summed E-state index contributed by atoms with van der Waals surface area (Å²) in [5, 5.41) is 17.2. The molecule has 2 unspecified atom stereocenters. The van der Waals surface area contributed by atoms with Crippen LogP contribution in [-0.4, -0.2) is 46.6 Å². The van der Waals surface area contributed by atoms with E-state index in [1.807, 2.05) is 0 Å². The minimum absolute atomic E-state index is 0.00856. The van der Waals surface area contributed by atoms with Crippen LogP contribution in [0.3, 0.4) is 0 Å². The molecule has 2 aliphatic heterocycles. The molecule has 4 atom stereocenters. The Kier molecular flexibility index (Phi) is 24.6. The molecule has 0 aromatic carbocycles. The number of unbranched alkanes of at least 4 members (excludes halogenated alkanes) is 16. The molecule has 6 heteroatoms. The average molecular weight is 593 g/mol. The average Bonchev–Trinajstić information content (AvgIpc) is 3.89. The van der Waals surface area contributed by atoms with Crippen molar-refractivity contribution in [3.05, 3.63) is 24.3 Å². The van der Waals surface area contributed by atoms with E-state index in [4.69, 9.17) is 19.7 Å². The maximum Gasteiger partial charge on any atom is 0.335 e. The molecule has 0 aromatic rings. The van der Waals surface area contributed by atoms with Crippen LogP contribution >= 0.6 is 0 Å². The predicted molar refractivity (Wildman–Crippen MR) is 173 cm³/mol. The first-order chi connectivity index (χ1) is 20.5. The number of epoxide rings is 2. The van der Waals surface area contributed by atoms with Crippen LogP contribution in [0, 0.1) is 0 Å². The fourth-order valence-electron chi connectivity index (χ4n) is 5.30. The number of aliphatic carboxylic acids is 2. The van der Waals surface area contributed by atoms with E-state index in [1.54, 1.807) is 0 Å². The van der Waals surface area contributed by atoms with E-state index in [9.17, 15) is 9.59 Å². The Labute approximate surface area is 257 Å². The van der Waals surface area contributed by atoms with Gasteiger partial charge in [0.25, 0.3) is 0 Å². The van der Waals surface area contributed by atoms with Gasteiger partial charge in [-0.1, -0.05) is 122 Å². The lowest BCUT2D eigenvalue weighted by molar-refractivity contribution is -0.138. The summed E-state index contributed by atoms with van der Waals surface area (Å²) in [5.74, 6) is -1.48. The van der Waals surface area contributed by atoms with Gasteiger partial charge < -0.3 is 19.7 Å². The zero-order valence-corrected chi connectivity index (χ0v) is 27.1. The molecule has 0 spiro atoms. The van der Waals surface area contributed by atoms with Crippen molar-refractivity contribution in [1.29, 1.82) is 0 Å². The van der Waals surface area contributed by atoms with Crippen LogP contribution in [0.5, 0.6) is 0 Å². The number of rotatable bonds is 28. The Bertz CT molecular complexity index is 718. The van der Waals surface area contributed by atoms with E-state index in [1.165, 1.54) is 96.3 Å². The normalized spacial score (nSPS) is 21.0. The third-order valence-corrected chi connectivity index (χ3v) is 8.15. The van der Waals surface area contributed by atoms with Crippen molar-refractivity contribution in [3.63, 3.8) is 0 Å². The Balaban J connectivity index is 0.000000420. The van der Waals surface area contributed by atoms with Gasteiger partial charge in [-0.3, -0.25) is 4.79 Å². The summed E-state index contributed by atoms with van der Waals surface area (Å²) in [4.78, 5) is 20.9. The molecule has 2 fully saturated rings. The second-order valence-electron chi connectivity index (χ2n) is 12.2. The number of carboxylic acids is 2. The third kappa shape index (κ3) is 23.9. The minimum atomic E-state index is -0.808. The first-order valence-corrected chi connectivity index (χ1v) is 17.5. The highest BCUT2D eigenvalue weighted by atomic mass is 16.6. The number of carboxylic acid groups (broad SMARTS) is 2. The lowest BCUT2D eigenvalue weighted by Crippen LogP contribution is -2.07. The van der Waals surface area contributed by atoms with Crippen LogP contribution < -0.4 is 0 Å². The molecular weight excluding hydrogens is 528 g/mol. The Morgan fingerprint density at radius 2 is 1.02 bits per heavy atom. The molecule has 6 nitrogen and oxygen atoms in total. The highest BCUT2D eigenvalue weighted by Crippen LogP contribution is 2.30. The smallest absolute Gasteiger partial charge is 0.335 e. The fourth-order valence-corrected chi connectivity index (χ4v) is 5.30. The lowest BCUT2D eigenvalue weighted by Gasteiger charge is -1.98. The van der Waals surface area contributed by atoms with Crippen LogP contribution in [-0.2, 0) is 19.1 Å². The van der Waals surface area contributed by atoms with Gasteiger partial charge in [-0.2, -0.15) is 0 Å². The Hall–Kier alpha value is -1.66. The second kappa shape index (κ2) is 26.9. The van der Waals surface area contributed by atoms with Gasteiger partial charge in [-0.05, 0) is 64.2 Å². The second-order valence-corrected chi connectivity index (χ2v) is 12.2. The summed E-state index contributed by atoms with van der Waals surface area (Å²) in [6.45, 7) is 4.49. The third-order valence-electron chi connectivity index (χ3n) is 8.15. The molecule has 0 saturated carbocycles. The summed E-state index contributed by atoms with van der Waals surface area (Å²) in [7, 11) is 0. The zero-order chi connectivity index (χ0) is 30.7. The van der Waals surface area contributed by atoms with Crippen LogP contribution in [0.2, 0.25) is 0 Å². The summed E-state index contributed by atoms with van der Waals surface area (Å²) in [6, 6.07) is 0. The first-order valence-electron chi connectivity index (χ1n) is 17.5. The van der Waals surface area contributed by atoms with Crippen molar-refractivity contribution < 1.29 is 29.3 Å². The Morgan fingerprint density at radius 3 is 1.60 bits per heavy atom. The van der Waals surface area contributed by atoms with Gasteiger partial charge in [0, 0.05) is 6.42 Å². The quantitative estimate of drug-likeness (QED) is 0.0532. The van der Waals surface area contributed by atoms with Crippen LogP contribution in [0.25, 0.3) is 0 Å². The zero-order valence-electron chi connectivity index (χ0n) is 27.1. The molecule has 0 aromatic heterocycles. The molecule has 0 aliphatic carbocycles. The van der Waals surface area contributed by atoms with E-state index >= 15 is 0 Å². The van der Waals surface area contributed by atoms with Gasteiger partial charge in [-0.15, -0.1) is 0 Å². The van der Waals surface area contributed by atoms with Crippen LogP contribution in [0.1, 0.15) is 168 Å². The van der Waals surface area contributed by atoms with Crippen molar-refractivity contribution in [3.8, 4) is 0 Å². The van der Waals surface area contributed by atoms with E-state index in [0.29, 0.717) is 18.6 Å². The van der Waals surface area contributed by atoms with E-state index in [0.717, 1.165) is 51.4 Å². The van der Waals surface area contributed by atoms with Crippen molar-refractivity contribution in [1.82, 2.24) is 0 Å². The van der Waals surface area contributed by atoms with E-state index < -0.39 is 18.0 Å². The molecule has 2 heterocycles. The topological polar surface area (TPSA) is 99.7 Å². The maximum atomic E-state index is 10.6. The van der Waals surface area contributed by atoms with Gasteiger partial charge in [-0.25, -0.2) is 4.79 Å². The standard InChI is InChI=1S/2C18H32O3/c1-2-3-10-13-16-17(21-16)14-11-8-6-4-5-7-9-12-15-18(19)20;1-2-3-4-5-6-7-8-9-10-11-12-13-14-15-16-17(21-16)18(19)20/h8,11,16-17H,2-7,9-10,12-15H2,1H3,(H,19,20);9-10,16-17H,2-8,11-15H2,1H3,(H,19,20)/b11-8-;10-9-/t16-,17+;/m1./s1. The number of carbonyl (C=O) groups is 2.